The second-order valence-electron chi connectivity index (χ2n) is 4.83. The molecule has 2 heterocycles. The first-order valence-electron chi connectivity index (χ1n) is 6.65. The van der Waals surface area contributed by atoms with Gasteiger partial charge in [0.25, 0.3) is 0 Å². The molecule has 3 rings (SSSR count). The molecule has 0 aliphatic carbocycles. The number of nitrogens with zero attached hydrogens (tertiary/aromatic N) is 2. The lowest BCUT2D eigenvalue weighted by molar-refractivity contribution is 0.351. The third kappa shape index (κ3) is 2.69. The van der Waals surface area contributed by atoms with E-state index in [2.05, 4.69) is 43.3 Å². The zero-order valence-electron chi connectivity index (χ0n) is 11.3. The highest BCUT2D eigenvalue weighted by Crippen LogP contribution is 2.35. The van der Waals surface area contributed by atoms with Crippen molar-refractivity contribution in [1.29, 1.82) is 0 Å². The van der Waals surface area contributed by atoms with Crippen molar-refractivity contribution in [1.82, 2.24) is 15.3 Å². The van der Waals surface area contributed by atoms with Gasteiger partial charge in [0.1, 0.15) is 12.1 Å². The van der Waals surface area contributed by atoms with E-state index in [9.17, 15) is 0 Å². The molecule has 0 spiro atoms. The summed E-state index contributed by atoms with van der Waals surface area (Å²) in [6.07, 6.45) is 5.19. The van der Waals surface area contributed by atoms with Crippen molar-refractivity contribution in [3.8, 4) is 5.75 Å². The number of halogens is 1. The summed E-state index contributed by atoms with van der Waals surface area (Å²) < 4.78 is 6.89. The van der Waals surface area contributed by atoms with Gasteiger partial charge >= 0.3 is 0 Å². The molecular formula is C15H16BrN3O. The molecule has 20 heavy (non-hydrogen) atoms. The molecule has 4 nitrogen and oxygen atoms in total. The van der Waals surface area contributed by atoms with Crippen LogP contribution in [0, 0.1) is 0 Å². The Labute approximate surface area is 126 Å². The van der Waals surface area contributed by atoms with E-state index in [1.54, 1.807) is 12.5 Å². The Morgan fingerprint density at radius 2 is 2.35 bits per heavy atom. The summed E-state index contributed by atoms with van der Waals surface area (Å²) in [6, 6.07) is 6.38. The van der Waals surface area contributed by atoms with Crippen LogP contribution in [0.1, 0.15) is 22.9 Å². The summed E-state index contributed by atoms with van der Waals surface area (Å²) >= 11 is 3.58. The lowest BCUT2D eigenvalue weighted by Gasteiger charge is -2.17. The number of nitrogens with one attached hydrogen (secondary N) is 1. The average Bonchev–Trinajstić information content (AvgIpc) is 2.93. The molecule has 1 aromatic carbocycles. The molecule has 0 radical (unpaired) electrons. The van der Waals surface area contributed by atoms with Gasteiger partial charge in [-0.25, -0.2) is 9.97 Å². The van der Waals surface area contributed by atoms with E-state index in [1.165, 1.54) is 11.1 Å². The van der Waals surface area contributed by atoms with Crippen LogP contribution in [0.25, 0.3) is 0 Å². The molecule has 5 heteroatoms. The fourth-order valence-corrected chi connectivity index (χ4v) is 3.13. The van der Waals surface area contributed by atoms with Crippen LogP contribution in [0.4, 0.5) is 0 Å². The molecule has 1 aliphatic heterocycles. The van der Waals surface area contributed by atoms with Gasteiger partial charge in [-0.1, -0.05) is 15.9 Å². The van der Waals surface area contributed by atoms with Crippen molar-refractivity contribution in [3.63, 3.8) is 0 Å². The molecule has 104 valence electrons. The largest absolute Gasteiger partial charge is 0.493 e. The number of hydrogen-bond donors (Lipinski definition) is 1. The zero-order valence-corrected chi connectivity index (χ0v) is 12.9. The summed E-state index contributed by atoms with van der Waals surface area (Å²) in [4.78, 5) is 8.31. The fourth-order valence-electron chi connectivity index (χ4n) is 2.58. The van der Waals surface area contributed by atoms with Gasteiger partial charge in [-0.3, -0.25) is 0 Å². The minimum absolute atomic E-state index is 0.153. The first kappa shape index (κ1) is 13.5. The molecule has 0 saturated carbocycles. The lowest BCUT2D eigenvalue weighted by atomic mass is 10.00. The number of ether oxygens (including phenoxy) is 1. The molecule has 0 amide bonds. The van der Waals surface area contributed by atoms with Crippen molar-refractivity contribution < 1.29 is 4.74 Å². The molecule has 0 bridgehead atoms. The van der Waals surface area contributed by atoms with E-state index in [0.717, 1.165) is 35.4 Å². The Morgan fingerprint density at radius 3 is 3.10 bits per heavy atom. The van der Waals surface area contributed by atoms with Gasteiger partial charge in [0.15, 0.2) is 0 Å². The van der Waals surface area contributed by atoms with Crippen molar-refractivity contribution in [3.05, 3.63) is 52.0 Å². The molecule has 1 aromatic heterocycles. The normalized spacial score (nSPS) is 14.7. The lowest BCUT2D eigenvalue weighted by Crippen LogP contribution is -2.20. The van der Waals surface area contributed by atoms with E-state index in [0.29, 0.717) is 0 Å². The average molecular weight is 334 g/mol. The van der Waals surface area contributed by atoms with Crippen LogP contribution < -0.4 is 10.1 Å². The molecule has 0 fully saturated rings. The van der Waals surface area contributed by atoms with Crippen molar-refractivity contribution in [2.24, 2.45) is 0 Å². The van der Waals surface area contributed by atoms with Crippen LogP contribution in [-0.4, -0.2) is 23.6 Å². The Kier molecular flexibility index (Phi) is 3.98. The second kappa shape index (κ2) is 5.89. The van der Waals surface area contributed by atoms with Crippen LogP contribution in [0.2, 0.25) is 0 Å². The van der Waals surface area contributed by atoms with Gasteiger partial charge < -0.3 is 10.1 Å². The van der Waals surface area contributed by atoms with Crippen LogP contribution in [0.15, 0.2) is 35.2 Å². The third-order valence-corrected chi connectivity index (χ3v) is 4.02. The van der Waals surface area contributed by atoms with Gasteiger partial charge in [0.2, 0.25) is 0 Å². The molecule has 2 aromatic rings. The molecule has 1 unspecified atom stereocenters. The first-order chi connectivity index (χ1) is 9.78. The topological polar surface area (TPSA) is 47.0 Å². The van der Waals surface area contributed by atoms with E-state index < -0.39 is 0 Å². The monoisotopic (exact) mass is 333 g/mol. The third-order valence-electron chi connectivity index (χ3n) is 3.56. The van der Waals surface area contributed by atoms with E-state index >= 15 is 0 Å². The maximum atomic E-state index is 5.78. The molecule has 1 atom stereocenters. The zero-order chi connectivity index (χ0) is 13.9. The Morgan fingerprint density at radius 1 is 1.45 bits per heavy atom. The number of fused-ring (bicyclic) bond motifs is 1. The number of rotatable bonds is 4. The number of hydrogen-bond acceptors (Lipinski definition) is 4. The second-order valence-corrected chi connectivity index (χ2v) is 5.75. The standard InChI is InChI=1S/C15H16BrN3O/c1-17-14(13-2-4-18-9-19-13)8-11-7-12(16)6-10-3-5-20-15(10)11/h2,4,6-7,9,14,17H,3,5,8H2,1H3. The number of benzene rings is 1. The predicted octanol–water partition coefficient (Wildman–Crippen LogP) is 2.68. The van der Waals surface area contributed by atoms with Crippen molar-refractivity contribution in [2.45, 2.75) is 18.9 Å². The highest BCUT2D eigenvalue weighted by Gasteiger charge is 2.20. The van der Waals surface area contributed by atoms with Gasteiger partial charge in [-0.15, -0.1) is 0 Å². The highest BCUT2D eigenvalue weighted by atomic mass is 79.9. The summed E-state index contributed by atoms with van der Waals surface area (Å²) in [5, 5.41) is 3.32. The molecule has 0 saturated heterocycles. The summed E-state index contributed by atoms with van der Waals surface area (Å²) in [7, 11) is 1.95. The minimum atomic E-state index is 0.153. The predicted molar refractivity (Wildman–Crippen MR) is 80.9 cm³/mol. The number of aromatic nitrogens is 2. The summed E-state index contributed by atoms with van der Waals surface area (Å²) in [5.74, 6) is 1.04. The van der Waals surface area contributed by atoms with Gasteiger partial charge in [-0.2, -0.15) is 0 Å². The fraction of sp³-hybridized carbons (Fsp3) is 0.333. The van der Waals surface area contributed by atoms with Crippen molar-refractivity contribution in [2.75, 3.05) is 13.7 Å². The van der Waals surface area contributed by atoms with Crippen molar-refractivity contribution >= 4 is 15.9 Å². The first-order valence-corrected chi connectivity index (χ1v) is 7.44. The van der Waals surface area contributed by atoms with Crippen LogP contribution in [-0.2, 0) is 12.8 Å². The van der Waals surface area contributed by atoms with E-state index in [4.69, 9.17) is 4.74 Å². The van der Waals surface area contributed by atoms with Gasteiger partial charge in [-0.05, 0) is 42.8 Å². The van der Waals surface area contributed by atoms with E-state index in [1.807, 2.05) is 13.1 Å². The summed E-state index contributed by atoms with van der Waals surface area (Å²) in [6.45, 7) is 0.774. The molecule has 1 aliphatic rings. The molecular weight excluding hydrogens is 318 g/mol. The summed E-state index contributed by atoms with van der Waals surface area (Å²) in [5.41, 5.74) is 3.49. The van der Waals surface area contributed by atoms with Crippen LogP contribution >= 0.6 is 15.9 Å². The molecule has 1 N–H and O–H groups in total. The Bertz CT molecular complexity index is 604. The van der Waals surface area contributed by atoms with Gasteiger partial charge in [0, 0.05) is 17.1 Å². The quantitative estimate of drug-likeness (QED) is 0.934. The van der Waals surface area contributed by atoms with E-state index in [-0.39, 0.29) is 6.04 Å². The maximum Gasteiger partial charge on any atom is 0.125 e. The smallest absolute Gasteiger partial charge is 0.125 e. The number of likely N-dealkylation sites (N-methyl/N-ethyl adjacent to an activating group) is 1. The minimum Gasteiger partial charge on any atom is -0.493 e. The maximum absolute atomic E-state index is 5.78. The highest BCUT2D eigenvalue weighted by molar-refractivity contribution is 9.10. The van der Waals surface area contributed by atoms with Crippen LogP contribution in [0.5, 0.6) is 5.75 Å². The Balaban J connectivity index is 1.91. The van der Waals surface area contributed by atoms with Crippen LogP contribution in [0.3, 0.4) is 0 Å². The Hall–Kier alpha value is -1.46. The SMILES string of the molecule is CNC(Cc1cc(Br)cc2c1OCC2)c1ccncn1. The van der Waals surface area contributed by atoms with Gasteiger partial charge in [0.05, 0.1) is 18.3 Å².